The highest BCUT2D eigenvalue weighted by atomic mass is 16.3. The van der Waals surface area contributed by atoms with Gasteiger partial charge in [0.25, 0.3) is 5.91 Å². The van der Waals surface area contributed by atoms with E-state index in [0.717, 1.165) is 41.0 Å². The Labute approximate surface area is 214 Å². The van der Waals surface area contributed by atoms with Gasteiger partial charge in [0.1, 0.15) is 0 Å². The molecule has 2 amide bonds. The molecule has 2 aromatic carbocycles. The van der Waals surface area contributed by atoms with Crippen molar-refractivity contribution in [2.24, 2.45) is 23.2 Å². The number of carbonyl (C=O) groups is 2. The van der Waals surface area contributed by atoms with Gasteiger partial charge in [-0.15, -0.1) is 0 Å². The number of hydrogen-bond donors (Lipinski definition) is 2. The first-order valence-corrected chi connectivity index (χ1v) is 13.8. The van der Waals surface area contributed by atoms with E-state index in [0.29, 0.717) is 5.56 Å². The topological polar surface area (TPSA) is 69.6 Å². The van der Waals surface area contributed by atoms with Crippen molar-refractivity contribution in [2.45, 2.75) is 77.0 Å². The second kappa shape index (κ2) is 9.02. The van der Waals surface area contributed by atoms with Gasteiger partial charge < -0.3 is 15.3 Å². The van der Waals surface area contributed by atoms with Crippen molar-refractivity contribution in [3.8, 4) is 0 Å². The molecule has 0 radical (unpaired) electrons. The Balaban J connectivity index is 1.46. The van der Waals surface area contributed by atoms with Crippen LogP contribution >= 0.6 is 0 Å². The number of aliphatic hydroxyl groups is 1. The van der Waals surface area contributed by atoms with E-state index >= 15 is 0 Å². The average Bonchev–Trinajstić information content (AvgIpc) is 2.84. The molecular weight excluding hydrogens is 448 g/mol. The van der Waals surface area contributed by atoms with Crippen LogP contribution in [0, 0.1) is 23.2 Å². The van der Waals surface area contributed by atoms with Crippen LogP contribution in [0.3, 0.4) is 0 Å². The minimum Gasteiger partial charge on any atom is -0.392 e. The number of amides is 2. The van der Waals surface area contributed by atoms with Gasteiger partial charge in [-0.1, -0.05) is 42.5 Å². The van der Waals surface area contributed by atoms with E-state index in [2.05, 4.69) is 10.2 Å². The molecule has 0 unspecified atom stereocenters. The Bertz CT molecular complexity index is 1120. The van der Waals surface area contributed by atoms with Crippen LogP contribution in [0.1, 0.15) is 91.4 Å². The summed E-state index contributed by atoms with van der Waals surface area (Å²) in [6.07, 6.45) is 7.72. The third kappa shape index (κ3) is 4.06. The number of benzene rings is 2. The standard InChI is InChI=1S/C31H38N2O3/c1-19(2)32-29(35)27-25-5-3-4-6-26(25)30(36)33(28(27)24-9-7-20(17-34)8-10-24)18-31-14-21-11-22(15-31)13-23(12-21)16-31/h3-10,19,21-23,27-28,34H,11-18H2,1-2H3,(H,32,35)/t21?,22?,23?,27-,28+,31?/m1/s1. The lowest BCUT2D eigenvalue weighted by molar-refractivity contribution is -0.125. The second-order valence-corrected chi connectivity index (χ2v) is 12.4. The monoisotopic (exact) mass is 486 g/mol. The highest BCUT2D eigenvalue weighted by Crippen LogP contribution is 2.61. The zero-order chi connectivity index (χ0) is 25.0. The van der Waals surface area contributed by atoms with Crippen molar-refractivity contribution in [1.82, 2.24) is 10.2 Å². The SMILES string of the molecule is CC(C)NC(=O)[C@@H]1c2ccccc2C(=O)N(CC23CC4CC(CC(C4)C2)C3)[C@H]1c1ccc(CO)cc1. The van der Waals surface area contributed by atoms with E-state index < -0.39 is 5.92 Å². The Hall–Kier alpha value is -2.66. The molecular formula is C31H38N2O3. The highest BCUT2D eigenvalue weighted by Gasteiger charge is 2.54. The molecule has 4 bridgehead atoms. The molecule has 5 nitrogen and oxygen atoms in total. The summed E-state index contributed by atoms with van der Waals surface area (Å²) in [6, 6.07) is 15.2. The lowest BCUT2D eigenvalue weighted by Gasteiger charge is -2.59. The third-order valence-electron chi connectivity index (χ3n) is 9.33. The lowest BCUT2D eigenvalue weighted by atomic mass is 9.49. The van der Waals surface area contributed by atoms with Crippen LogP contribution in [0.2, 0.25) is 0 Å². The van der Waals surface area contributed by atoms with Crippen molar-refractivity contribution < 1.29 is 14.7 Å². The summed E-state index contributed by atoms with van der Waals surface area (Å²) in [5.74, 6) is 1.93. The molecule has 5 heteroatoms. The summed E-state index contributed by atoms with van der Waals surface area (Å²) in [4.78, 5) is 30.1. The molecule has 4 aliphatic carbocycles. The van der Waals surface area contributed by atoms with Gasteiger partial charge >= 0.3 is 0 Å². The molecule has 36 heavy (non-hydrogen) atoms. The quantitative estimate of drug-likeness (QED) is 0.590. The van der Waals surface area contributed by atoms with Gasteiger partial charge in [-0.3, -0.25) is 9.59 Å². The van der Waals surface area contributed by atoms with Gasteiger partial charge in [0, 0.05) is 18.2 Å². The minimum absolute atomic E-state index is 0.0105. The fraction of sp³-hybridized carbons (Fsp3) is 0.548. The fourth-order valence-electron chi connectivity index (χ4n) is 8.46. The third-order valence-corrected chi connectivity index (χ3v) is 9.33. The first kappa shape index (κ1) is 23.7. The molecule has 190 valence electrons. The van der Waals surface area contributed by atoms with Crippen molar-refractivity contribution in [1.29, 1.82) is 0 Å². The second-order valence-electron chi connectivity index (χ2n) is 12.4. The van der Waals surface area contributed by atoms with Gasteiger partial charge in [0.2, 0.25) is 5.91 Å². The zero-order valence-corrected chi connectivity index (χ0v) is 21.5. The molecule has 2 N–H and O–H groups in total. The largest absolute Gasteiger partial charge is 0.392 e. The predicted molar refractivity (Wildman–Crippen MR) is 139 cm³/mol. The minimum atomic E-state index is -0.477. The van der Waals surface area contributed by atoms with Gasteiger partial charge in [-0.25, -0.2) is 0 Å². The number of hydrogen-bond acceptors (Lipinski definition) is 3. The van der Waals surface area contributed by atoms with Gasteiger partial charge in [-0.05, 0) is 98.3 Å². The smallest absolute Gasteiger partial charge is 0.254 e. The molecule has 4 saturated carbocycles. The van der Waals surface area contributed by atoms with E-state index in [1.165, 1.54) is 38.5 Å². The van der Waals surface area contributed by atoms with Crippen LogP contribution in [-0.4, -0.2) is 34.4 Å². The Kier molecular flexibility index (Phi) is 5.94. The van der Waals surface area contributed by atoms with Crippen molar-refractivity contribution >= 4 is 11.8 Å². The van der Waals surface area contributed by atoms with Crippen molar-refractivity contribution in [2.75, 3.05) is 6.54 Å². The number of aliphatic hydroxyl groups excluding tert-OH is 1. The number of rotatable bonds is 6. The summed E-state index contributed by atoms with van der Waals surface area (Å²) < 4.78 is 0. The average molecular weight is 487 g/mol. The summed E-state index contributed by atoms with van der Waals surface area (Å²) in [5, 5.41) is 12.8. The van der Waals surface area contributed by atoms with Gasteiger partial charge in [-0.2, -0.15) is 0 Å². The molecule has 4 fully saturated rings. The van der Waals surface area contributed by atoms with Gasteiger partial charge in [0.05, 0.1) is 18.6 Å². The Morgan fingerprint density at radius 3 is 2.19 bits per heavy atom. The summed E-state index contributed by atoms with van der Waals surface area (Å²) in [7, 11) is 0. The normalized spacial score (nSPS) is 32.6. The summed E-state index contributed by atoms with van der Waals surface area (Å²) in [6.45, 7) is 4.66. The van der Waals surface area contributed by atoms with E-state index in [1.807, 2.05) is 62.4 Å². The van der Waals surface area contributed by atoms with Crippen LogP contribution in [0.25, 0.3) is 0 Å². The van der Waals surface area contributed by atoms with E-state index in [4.69, 9.17) is 0 Å². The highest BCUT2D eigenvalue weighted by molar-refractivity contribution is 6.01. The molecule has 0 spiro atoms. The number of fused-ring (bicyclic) bond motifs is 1. The summed E-state index contributed by atoms with van der Waals surface area (Å²) in [5.41, 5.74) is 3.44. The molecule has 1 heterocycles. The summed E-state index contributed by atoms with van der Waals surface area (Å²) >= 11 is 0. The number of carbonyl (C=O) groups excluding carboxylic acids is 2. The Morgan fingerprint density at radius 2 is 1.61 bits per heavy atom. The van der Waals surface area contributed by atoms with Crippen LogP contribution < -0.4 is 5.32 Å². The predicted octanol–water partition coefficient (Wildman–Crippen LogP) is 5.20. The molecule has 2 aromatic rings. The van der Waals surface area contributed by atoms with Crippen LogP contribution in [-0.2, 0) is 11.4 Å². The van der Waals surface area contributed by atoms with Crippen molar-refractivity contribution in [3.63, 3.8) is 0 Å². The van der Waals surface area contributed by atoms with Crippen LogP contribution in [0.4, 0.5) is 0 Å². The maximum absolute atomic E-state index is 14.2. The molecule has 0 aromatic heterocycles. The fourth-order valence-corrected chi connectivity index (χ4v) is 8.46. The van der Waals surface area contributed by atoms with Gasteiger partial charge in [0.15, 0.2) is 0 Å². The zero-order valence-electron chi connectivity index (χ0n) is 21.5. The Morgan fingerprint density at radius 1 is 1.00 bits per heavy atom. The maximum atomic E-state index is 14.2. The first-order valence-electron chi connectivity index (χ1n) is 13.8. The molecule has 2 atom stereocenters. The number of nitrogens with one attached hydrogen (secondary N) is 1. The number of nitrogens with zero attached hydrogens (tertiary/aromatic N) is 1. The van der Waals surface area contributed by atoms with Crippen LogP contribution in [0.5, 0.6) is 0 Å². The van der Waals surface area contributed by atoms with E-state index in [9.17, 15) is 14.7 Å². The lowest BCUT2D eigenvalue weighted by Crippen LogP contribution is -2.55. The molecule has 7 rings (SSSR count). The van der Waals surface area contributed by atoms with Crippen molar-refractivity contribution in [3.05, 3.63) is 70.8 Å². The maximum Gasteiger partial charge on any atom is 0.254 e. The molecule has 5 aliphatic rings. The van der Waals surface area contributed by atoms with E-state index in [-0.39, 0.29) is 35.9 Å². The van der Waals surface area contributed by atoms with Crippen LogP contribution in [0.15, 0.2) is 48.5 Å². The molecule has 1 aliphatic heterocycles. The van der Waals surface area contributed by atoms with E-state index in [1.54, 1.807) is 0 Å². The first-order chi connectivity index (χ1) is 17.4. The molecule has 0 saturated heterocycles.